The summed E-state index contributed by atoms with van der Waals surface area (Å²) in [5.41, 5.74) is 0.976. The Hall–Kier alpha value is -4.17. The summed E-state index contributed by atoms with van der Waals surface area (Å²) in [6.07, 6.45) is 1.84. The minimum absolute atomic E-state index is 0.184. The molecule has 2 aliphatic rings. The zero-order chi connectivity index (χ0) is 24.9. The molecule has 36 heavy (non-hydrogen) atoms. The van der Waals surface area contributed by atoms with Crippen molar-refractivity contribution in [2.24, 2.45) is 10.9 Å². The van der Waals surface area contributed by atoms with E-state index < -0.39 is 17.7 Å². The molecule has 8 heteroatoms. The fourth-order valence-electron chi connectivity index (χ4n) is 4.94. The van der Waals surface area contributed by atoms with E-state index in [9.17, 15) is 9.59 Å². The van der Waals surface area contributed by atoms with Crippen LogP contribution >= 0.6 is 11.3 Å². The second-order valence-electron chi connectivity index (χ2n) is 8.93. The van der Waals surface area contributed by atoms with Gasteiger partial charge in [-0.2, -0.15) is 0 Å². The van der Waals surface area contributed by atoms with Crippen LogP contribution < -0.4 is 29.7 Å². The minimum atomic E-state index is -1.17. The monoisotopic (exact) mass is 497 g/mol. The number of benzene rings is 3. The van der Waals surface area contributed by atoms with E-state index in [1.54, 1.807) is 11.7 Å². The molecule has 7 nitrogen and oxygen atoms in total. The maximum absolute atomic E-state index is 13.8. The number of nitrogens with one attached hydrogen (secondary N) is 1. The van der Waals surface area contributed by atoms with E-state index in [1.165, 1.54) is 11.3 Å². The zero-order valence-corrected chi connectivity index (χ0v) is 20.5. The molecule has 2 bridgehead atoms. The predicted octanol–water partition coefficient (Wildman–Crippen LogP) is 3.33. The molecule has 180 valence electrons. The fraction of sp³-hybridized carbons (Fsp3) is 0.179. The Bertz CT molecular complexity index is 1640. The van der Waals surface area contributed by atoms with Gasteiger partial charge in [0.05, 0.1) is 17.7 Å². The Morgan fingerprint density at radius 3 is 2.56 bits per heavy atom. The molecule has 0 saturated heterocycles. The van der Waals surface area contributed by atoms with Crippen LogP contribution in [0.1, 0.15) is 24.1 Å². The van der Waals surface area contributed by atoms with Crippen molar-refractivity contribution >= 4 is 29.0 Å². The number of aromatic nitrogens is 1. The van der Waals surface area contributed by atoms with Crippen LogP contribution in [0.4, 0.5) is 5.69 Å². The number of hydrogen-bond donors (Lipinski definition) is 1. The van der Waals surface area contributed by atoms with Gasteiger partial charge in [0, 0.05) is 11.3 Å². The lowest BCUT2D eigenvalue weighted by atomic mass is 9.80. The molecule has 0 fully saturated rings. The lowest BCUT2D eigenvalue weighted by molar-refractivity contribution is -0.131. The first-order chi connectivity index (χ1) is 17.5. The number of anilines is 1. The summed E-state index contributed by atoms with van der Waals surface area (Å²) in [4.78, 5) is 32.8. The predicted molar refractivity (Wildman–Crippen MR) is 138 cm³/mol. The summed E-state index contributed by atoms with van der Waals surface area (Å²) in [5.74, 6) is 0.367. The first kappa shape index (κ1) is 22.3. The van der Waals surface area contributed by atoms with E-state index in [2.05, 4.69) is 5.32 Å². The molecule has 3 aromatic carbocycles. The van der Waals surface area contributed by atoms with Gasteiger partial charge in [0.2, 0.25) is 11.6 Å². The number of amides is 1. The number of carbonyl (C=O) groups excluding carboxylic acids is 1. The van der Waals surface area contributed by atoms with Crippen molar-refractivity contribution in [1.29, 1.82) is 0 Å². The average Bonchev–Trinajstić information content (AvgIpc) is 3.17. The lowest BCUT2D eigenvalue weighted by Crippen LogP contribution is -2.59. The smallest absolute Gasteiger partial charge is 0.270 e. The van der Waals surface area contributed by atoms with Gasteiger partial charge in [0.1, 0.15) is 17.4 Å². The Morgan fingerprint density at radius 1 is 1.08 bits per heavy atom. The third kappa shape index (κ3) is 3.61. The maximum Gasteiger partial charge on any atom is 0.270 e. The molecule has 1 N–H and O–H groups in total. The minimum Gasteiger partial charge on any atom is -0.497 e. The van der Waals surface area contributed by atoms with Crippen molar-refractivity contribution in [3.8, 4) is 11.5 Å². The molecule has 4 aromatic rings. The van der Waals surface area contributed by atoms with Gasteiger partial charge in [-0.1, -0.05) is 59.9 Å². The van der Waals surface area contributed by atoms with Crippen LogP contribution in [-0.2, 0) is 4.79 Å². The van der Waals surface area contributed by atoms with Gasteiger partial charge in [-0.05, 0) is 48.9 Å². The summed E-state index contributed by atoms with van der Waals surface area (Å²) in [6.45, 7) is 1.81. The summed E-state index contributed by atoms with van der Waals surface area (Å²) < 4.78 is 13.8. The molecule has 3 unspecified atom stereocenters. The van der Waals surface area contributed by atoms with Crippen molar-refractivity contribution in [1.82, 2.24) is 4.57 Å². The van der Waals surface area contributed by atoms with Gasteiger partial charge in [0.15, 0.2) is 4.80 Å². The van der Waals surface area contributed by atoms with E-state index in [-0.39, 0.29) is 11.5 Å². The number of ether oxygens (including phenoxy) is 2. The lowest BCUT2D eigenvalue weighted by Gasteiger charge is -2.45. The second kappa shape index (κ2) is 8.49. The average molecular weight is 498 g/mol. The summed E-state index contributed by atoms with van der Waals surface area (Å²) in [7, 11) is 1.61. The number of fused-ring (bicyclic) bond motifs is 6. The van der Waals surface area contributed by atoms with Crippen molar-refractivity contribution in [3.63, 3.8) is 0 Å². The van der Waals surface area contributed by atoms with Crippen LogP contribution in [-0.4, -0.2) is 23.3 Å². The number of para-hydroxylation sites is 2. The molecule has 0 aliphatic carbocycles. The Labute approximate surface area is 211 Å². The fourth-order valence-corrected chi connectivity index (χ4v) is 6.04. The third-order valence-electron chi connectivity index (χ3n) is 6.62. The van der Waals surface area contributed by atoms with Gasteiger partial charge in [-0.25, -0.2) is 4.99 Å². The van der Waals surface area contributed by atoms with Gasteiger partial charge < -0.3 is 14.8 Å². The summed E-state index contributed by atoms with van der Waals surface area (Å²) in [5, 5.41) is 2.99. The van der Waals surface area contributed by atoms with Gasteiger partial charge in [-0.3, -0.25) is 14.2 Å². The SMILES string of the molecule is COc1ccc(C=c2sc3n(c2=O)C2c4ccccc4OC(C)(N=3)C2C(=O)Nc2ccccc2)cc1. The summed E-state index contributed by atoms with van der Waals surface area (Å²) >= 11 is 1.30. The summed E-state index contributed by atoms with van der Waals surface area (Å²) in [6, 6.07) is 23.7. The molecule has 6 rings (SSSR count). The second-order valence-corrected chi connectivity index (χ2v) is 9.93. The van der Waals surface area contributed by atoms with Crippen molar-refractivity contribution in [3.05, 3.63) is 110 Å². The third-order valence-corrected chi connectivity index (χ3v) is 7.60. The van der Waals surface area contributed by atoms with Crippen molar-refractivity contribution in [2.45, 2.75) is 18.7 Å². The highest BCUT2D eigenvalue weighted by atomic mass is 32.1. The highest BCUT2D eigenvalue weighted by Gasteiger charge is 2.55. The quantitative estimate of drug-likeness (QED) is 0.469. The van der Waals surface area contributed by atoms with Crippen LogP contribution in [0.15, 0.2) is 88.6 Å². The van der Waals surface area contributed by atoms with E-state index in [4.69, 9.17) is 14.5 Å². The first-order valence-corrected chi connectivity index (χ1v) is 12.4. The molecular formula is C28H23N3O4S. The van der Waals surface area contributed by atoms with Crippen LogP contribution in [0.25, 0.3) is 6.08 Å². The number of thiazole rings is 1. The molecule has 2 aliphatic heterocycles. The highest BCUT2D eigenvalue weighted by Crippen LogP contribution is 2.47. The molecule has 3 heterocycles. The number of nitrogens with zero attached hydrogens (tertiary/aromatic N) is 2. The van der Waals surface area contributed by atoms with Crippen LogP contribution in [0.2, 0.25) is 0 Å². The van der Waals surface area contributed by atoms with Gasteiger partial charge in [-0.15, -0.1) is 0 Å². The maximum atomic E-state index is 13.8. The van der Waals surface area contributed by atoms with E-state index in [0.717, 1.165) is 16.9 Å². The topological polar surface area (TPSA) is 81.9 Å². The molecule has 1 aromatic heterocycles. The molecule has 1 amide bonds. The highest BCUT2D eigenvalue weighted by molar-refractivity contribution is 7.07. The van der Waals surface area contributed by atoms with E-state index in [1.807, 2.05) is 91.9 Å². The van der Waals surface area contributed by atoms with Crippen LogP contribution in [0.5, 0.6) is 11.5 Å². The standard InChI is InChI=1S/C28H23N3O4S/c1-28-23(25(32)29-18-8-4-3-5-9-18)24(20-10-6-7-11-21(20)35-28)31-26(33)22(36-27(31)30-28)16-17-12-14-19(34-2)15-13-17/h3-16,23-24H,1-2H3,(H,29,32). The Balaban J connectivity index is 1.52. The molecule has 0 radical (unpaired) electrons. The van der Waals surface area contributed by atoms with Crippen molar-refractivity contribution in [2.75, 3.05) is 12.4 Å². The number of methoxy groups -OCH3 is 1. The van der Waals surface area contributed by atoms with Gasteiger partial charge in [0.25, 0.3) is 5.56 Å². The zero-order valence-electron chi connectivity index (χ0n) is 19.7. The van der Waals surface area contributed by atoms with Crippen molar-refractivity contribution < 1.29 is 14.3 Å². The normalized spacial score (nSPS) is 22.0. The number of rotatable bonds is 4. The largest absolute Gasteiger partial charge is 0.497 e. The van der Waals surface area contributed by atoms with E-state index >= 15 is 0 Å². The molecule has 0 saturated carbocycles. The first-order valence-electron chi connectivity index (χ1n) is 11.6. The van der Waals surface area contributed by atoms with Crippen LogP contribution in [0.3, 0.4) is 0 Å². The Kier molecular flexibility index (Phi) is 5.26. The van der Waals surface area contributed by atoms with Gasteiger partial charge >= 0.3 is 0 Å². The number of hydrogen-bond acceptors (Lipinski definition) is 6. The molecular weight excluding hydrogens is 474 g/mol. The molecule has 0 spiro atoms. The Morgan fingerprint density at radius 2 is 1.81 bits per heavy atom. The van der Waals surface area contributed by atoms with E-state index in [0.29, 0.717) is 20.8 Å². The molecule has 3 atom stereocenters. The number of carbonyl (C=O) groups is 1. The van der Waals surface area contributed by atoms with Crippen LogP contribution in [0, 0.1) is 5.92 Å².